The average molecular weight is 416 g/mol. The third-order valence-electron chi connectivity index (χ3n) is 4.76. The van der Waals surface area contributed by atoms with Gasteiger partial charge in [-0.25, -0.2) is 0 Å². The lowest BCUT2D eigenvalue weighted by atomic mass is 9.89. The summed E-state index contributed by atoms with van der Waals surface area (Å²) in [6, 6.07) is 15.0. The van der Waals surface area contributed by atoms with E-state index >= 15 is 0 Å². The van der Waals surface area contributed by atoms with E-state index in [1.165, 1.54) is 23.3 Å². The van der Waals surface area contributed by atoms with Gasteiger partial charge in [-0.1, -0.05) is 35.3 Å². The van der Waals surface area contributed by atoms with Gasteiger partial charge in [0.15, 0.2) is 11.4 Å². The van der Waals surface area contributed by atoms with Gasteiger partial charge in [0.1, 0.15) is 0 Å². The average Bonchev–Trinajstić information content (AvgIpc) is 3.27. The molecular weight excluding hydrogens is 401 g/mol. The van der Waals surface area contributed by atoms with Crippen LogP contribution in [0, 0.1) is 0 Å². The molecule has 3 aromatic rings. The van der Waals surface area contributed by atoms with E-state index < -0.39 is 23.7 Å². The zero-order valence-electron chi connectivity index (χ0n) is 14.6. The van der Waals surface area contributed by atoms with Gasteiger partial charge in [0.2, 0.25) is 5.78 Å². The van der Waals surface area contributed by atoms with Gasteiger partial charge < -0.3 is 14.4 Å². The number of anilines is 1. The lowest BCUT2D eigenvalue weighted by Crippen LogP contribution is -2.41. The molecule has 7 heteroatoms. The second-order valence-electron chi connectivity index (χ2n) is 6.62. The highest BCUT2D eigenvalue weighted by Gasteiger charge is 2.51. The van der Waals surface area contributed by atoms with Crippen molar-refractivity contribution in [3.05, 3.63) is 87.8 Å². The van der Waals surface area contributed by atoms with Crippen molar-refractivity contribution in [3.63, 3.8) is 0 Å². The van der Waals surface area contributed by atoms with Gasteiger partial charge in [-0.2, -0.15) is 0 Å². The molecule has 0 saturated heterocycles. The van der Waals surface area contributed by atoms with Crippen LogP contribution in [0.4, 0.5) is 5.69 Å². The number of hydrogen-bond donors (Lipinski definition) is 1. The van der Waals surface area contributed by atoms with Crippen molar-refractivity contribution < 1.29 is 19.1 Å². The molecule has 28 heavy (non-hydrogen) atoms. The topological polar surface area (TPSA) is 70.8 Å². The number of carbonyl (C=O) groups is 2. The van der Waals surface area contributed by atoms with Crippen LogP contribution in [0.25, 0.3) is 0 Å². The van der Waals surface area contributed by atoms with E-state index in [-0.39, 0.29) is 12.3 Å². The van der Waals surface area contributed by atoms with Crippen LogP contribution in [0.1, 0.15) is 28.1 Å². The highest BCUT2D eigenvalue weighted by molar-refractivity contribution is 6.31. The van der Waals surface area contributed by atoms with Gasteiger partial charge >= 0.3 is 0 Å². The standard InChI is InChI=1S/C21H15Cl2NO4/c22-14-5-3-13(4-6-14)12-24-17-8-7-15(23)10-16(17)21(27,20(24)26)11-18(25)19-2-1-9-28-19/h1-10,27H,11-12H2/t21-/m1/s1. The minimum Gasteiger partial charge on any atom is -0.461 e. The van der Waals surface area contributed by atoms with E-state index in [0.29, 0.717) is 21.3 Å². The maximum atomic E-state index is 13.2. The Morgan fingerprint density at radius 1 is 1.07 bits per heavy atom. The Hall–Kier alpha value is -2.60. The SMILES string of the molecule is O=C(C[C@]1(O)C(=O)N(Cc2ccc(Cl)cc2)c2ccc(Cl)cc21)c1ccco1. The molecule has 0 fully saturated rings. The third kappa shape index (κ3) is 3.22. The zero-order valence-corrected chi connectivity index (χ0v) is 16.1. The van der Waals surface area contributed by atoms with E-state index in [2.05, 4.69) is 0 Å². The van der Waals surface area contributed by atoms with Crippen molar-refractivity contribution in [3.8, 4) is 0 Å². The molecule has 1 aliphatic heterocycles. The van der Waals surface area contributed by atoms with E-state index in [1.807, 2.05) is 0 Å². The zero-order chi connectivity index (χ0) is 19.9. The van der Waals surface area contributed by atoms with Gasteiger partial charge in [-0.3, -0.25) is 9.59 Å². The van der Waals surface area contributed by atoms with Crippen molar-refractivity contribution in [1.29, 1.82) is 0 Å². The van der Waals surface area contributed by atoms with Crippen LogP contribution in [-0.4, -0.2) is 16.8 Å². The first-order valence-electron chi connectivity index (χ1n) is 8.54. The number of fused-ring (bicyclic) bond motifs is 1. The summed E-state index contributed by atoms with van der Waals surface area (Å²) >= 11 is 12.0. The molecule has 0 saturated carbocycles. The molecule has 1 atom stereocenters. The monoisotopic (exact) mass is 415 g/mol. The summed E-state index contributed by atoms with van der Waals surface area (Å²) < 4.78 is 5.11. The smallest absolute Gasteiger partial charge is 0.264 e. The number of hydrogen-bond acceptors (Lipinski definition) is 4. The lowest BCUT2D eigenvalue weighted by Gasteiger charge is -2.22. The van der Waals surface area contributed by atoms with E-state index in [4.69, 9.17) is 27.6 Å². The summed E-state index contributed by atoms with van der Waals surface area (Å²) in [5.41, 5.74) is -0.366. The number of carbonyl (C=O) groups excluding carboxylic acids is 2. The molecule has 2 heterocycles. The molecule has 0 spiro atoms. The van der Waals surface area contributed by atoms with Crippen LogP contribution < -0.4 is 4.90 Å². The van der Waals surface area contributed by atoms with Crippen molar-refractivity contribution in [1.82, 2.24) is 0 Å². The minimum atomic E-state index is -2.02. The molecule has 0 aliphatic carbocycles. The third-order valence-corrected chi connectivity index (χ3v) is 5.25. The second kappa shape index (κ2) is 7.09. The van der Waals surface area contributed by atoms with Gasteiger partial charge in [0.25, 0.3) is 5.91 Å². The molecule has 0 bridgehead atoms. The van der Waals surface area contributed by atoms with Gasteiger partial charge in [0.05, 0.1) is 24.9 Å². The van der Waals surface area contributed by atoms with Gasteiger partial charge in [0, 0.05) is 15.6 Å². The van der Waals surface area contributed by atoms with Gasteiger partial charge in [-0.15, -0.1) is 0 Å². The number of aliphatic hydroxyl groups is 1. The summed E-state index contributed by atoms with van der Waals surface area (Å²) in [7, 11) is 0. The predicted molar refractivity (Wildman–Crippen MR) is 106 cm³/mol. The highest BCUT2D eigenvalue weighted by atomic mass is 35.5. The fourth-order valence-corrected chi connectivity index (χ4v) is 3.68. The van der Waals surface area contributed by atoms with Crippen LogP contribution >= 0.6 is 23.2 Å². The highest BCUT2D eigenvalue weighted by Crippen LogP contribution is 2.44. The maximum absolute atomic E-state index is 13.2. The summed E-state index contributed by atoms with van der Waals surface area (Å²) in [5.74, 6) is -0.972. The number of halogens is 2. The van der Waals surface area contributed by atoms with Crippen LogP contribution in [-0.2, 0) is 16.9 Å². The van der Waals surface area contributed by atoms with Gasteiger partial charge in [-0.05, 0) is 48.0 Å². The number of benzene rings is 2. The van der Waals surface area contributed by atoms with Crippen molar-refractivity contribution >= 4 is 40.6 Å². The first-order chi connectivity index (χ1) is 13.4. The summed E-state index contributed by atoms with van der Waals surface area (Å²) in [5, 5.41) is 12.2. The molecule has 142 valence electrons. The second-order valence-corrected chi connectivity index (χ2v) is 7.49. The van der Waals surface area contributed by atoms with Crippen molar-refractivity contribution in [2.24, 2.45) is 0 Å². The van der Waals surface area contributed by atoms with E-state index in [0.717, 1.165) is 5.56 Å². The maximum Gasteiger partial charge on any atom is 0.264 e. The summed E-state index contributed by atoms with van der Waals surface area (Å²) in [6.45, 7) is 0.224. The van der Waals surface area contributed by atoms with E-state index in [9.17, 15) is 14.7 Å². The molecule has 4 rings (SSSR count). The fraction of sp³-hybridized carbons (Fsp3) is 0.143. The van der Waals surface area contributed by atoms with Crippen molar-refractivity contribution in [2.45, 2.75) is 18.6 Å². The fourth-order valence-electron chi connectivity index (χ4n) is 3.38. The largest absolute Gasteiger partial charge is 0.461 e. The number of nitrogens with zero attached hydrogens (tertiary/aromatic N) is 1. The van der Waals surface area contributed by atoms with Crippen LogP contribution in [0.3, 0.4) is 0 Å². The first kappa shape index (κ1) is 18.7. The Kier molecular flexibility index (Phi) is 4.75. The predicted octanol–water partition coefficient (Wildman–Crippen LogP) is 4.59. The summed E-state index contributed by atoms with van der Waals surface area (Å²) in [4.78, 5) is 27.2. The molecule has 2 aromatic carbocycles. The molecule has 1 aliphatic rings. The Bertz CT molecular complexity index is 1050. The van der Waals surface area contributed by atoms with Crippen LogP contribution in [0.2, 0.25) is 10.0 Å². The molecule has 0 unspecified atom stereocenters. The Morgan fingerprint density at radius 2 is 1.79 bits per heavy atom. The first-order valence-corrected chi connectivity index (χ1v) is 9.29. The summed E-state index contributed by atoms with van der Waals surface area (Å²) in [6.07, 6.45) is 0.926. The van der Waals surface area contributed by atoms with Crippen molar-refractivity contribution in [2.75, 3.05) is 4.90 Å². The Morgan fingerprint density at radius 3 is 2.46 bits per heavy atom. The molecule has 1 N–H and O–H groups in total. The lowest BCUT2D eigenvalue weighted by molar-refractivity contribution is -0.136. The molecule has 1 aromatic heterocycles. The Balaban J connectivity index is 1.72. The normalized spacial score (nSPS) is 18.4. The van der Waals surface area contributed by atoms with Crippen LogP contribution in [0.5, 0.6) is 0 Å². The Labute approximate surface area is 171 Å². The molecule has 5 nitrogen and oxygen atoms in total. The minimum absolute atomic E-state index is 0.0842. The van der Waals surface area contributed by atoms with E-state index in [1.54, 1.807) is 42.5 Å². The number of Topliss-reactive ketones (excluding diaryl/α,β-unsaturated/α-hetero) is 1. The van der Waals surface area contributed by atoms with Crippen LogP contribution in [0.15, 0.2) is 65.3 Å². The number of furan rings is 1. The molecule has 0 radical (unpaired) electrons. The molecular formula is C21H15Cl2NO4. The molecule has 1 amide bonds. The number of rotatable bonds is 5. The number of ketones is 1. The quantitative estimate of drug-likeness (QED) is 0.618. The number of amides is 1.